The van der Waals surface area contributed by atoms with E-state index >= 15 is 0 Å². The summed E-state index contributed by atoms with van der Waals surface area (Å²) >= 11 is 0. The van der Waals surface area contributed by atoms with Crippen LogP contribution in [0.2, 0.25) is 0 Å². The molecule has 0 aliphatic carbocycles. The average Bonchev–Trinajstić information content (AvgIpc) is 2.88. The predicted octanol–water partition coefficient (Wildman–Crippen LogP) is 1.05. The molecule has 0 spiro atoms. The van der Waals surface area contributed by atoms with Crippen LogP contribution in [0.5, 0.6) is 0 Å². The van der Waals surface area contributed by atoms with Crippen molar-refractivity contribution in [3.8, 4) is 0 Å². The van der Waals surface area contributed by atoms with Crippen molar-refractivity contribution >= 4 is 0 Å². The van der Waals surface area contributed by atoms with Gasteiger partial charge in [0, 0.05) is 26.2 Å². The highest BCUT2D eigenvalue weighted by Crippen LogP contribution is 2.09. The van der Waals surface area contributed by atoms with Crippen molar-refractivity contribution < 1.29 is 9.15 Å². The summed E-state index contributed by atoms with van der Waals surface area (Å²) in [6, 6.07) is 4.52. The summed E-state index contributed by atoms with van der Waals surface area (Å²) in [4.78, 5) is 0. The molecule has 16 heavy (non-hydrogen) atoms. The highest BCUT2D eigenvalue weighted by atomic mass is 16.5. The SMILES string of the molecule is COC1CNC(CNCc2ccc(C)o2)C1. The Morgan fingerprint density at radius 3 is 3.06 bits per heavy atom. The fourth-order valence-corrected chi connectivity index (χ4v) is 2.07. The van der Waals surface area contributed by atoms with Crippen LogP contribution in [0.25, 0.3) is 0 Å². The molecule has 1 aliphatic rings. The zero-order valence-electron chi connectivity index (χ0n) is 9.95. The second kappa shape index (κ2) is 5.48. The second-order valence-electron chi connectivity index (χ2n) is 4.34. The number of hydrogen-bond donors (Lipinski definition) is 2. The summed E-state index contributed by atoms with van der Waals surface area (Å²) < 4.78 is 10.8. The smallest absolute Gasteiger partial charge is 0.117 e. The van der Waals surface area contributed by atoms with Crippen molar-refractivity contribution in [3.05, 3.63) is 23.7 Å². The van der Waals surface area contributed by atoms with Gasteiger partial charge in [-0.2, -0.15) is 0 Å². The zero-order valence-corrected chi connectivity index (χ0v) is 9.95. The first kappa shape index (κ1) is 11.6. The third-order valence-corrected chi connectivity index (χ3v) is 3.00. The lowest BCUT2D eigenvalue weighted by atomic mass is 10.2. The molecule has 2 rings (SSSR count). The first-order valence-electron chi connectivity index (χ1n) is 5.80. The topological polar surface area (TPSA) is 46.4 Å². The fraction of sp³-hybridized carbons (Fsp3) is 0.667. The maximum absolute atomic E-state index is 5.48. The lowest BCUT2D eigenvalue weighted by Crippen LogP contribution is -2.33. The van der Waals surface area contributed by atoms with E-state index in [9.17, 15) is 0 Å². The minimum atomic E-state index is 0.373. The summed E-state index contributed by atoms with van der Waals surface area (Å²) in [5, 5.41) is 6.82. The van der Waals surface area contributed by atoms with Crippen molar-refractivity contribution in [3.63, 3.8) is 0 Å². The van der Waals surface area contributed by atoms with Crippen LogP contribution in [0, 0.1) is 6.92 Å². The first-order chi connectivity index (χ1) is 7.78. The van der Waals surface area contributed by atoms with Gasteiger partial charge in [-0.25, -0.2) is 0 Å². The molecule has 1 saturated heterocycles. The lowest BCUT2D eigenvalue weighted by Gasteiger charge is -2.10. The third kappa shape index (κ3) is 3.07. The summed E-state index contributed by atoms with van der Waals surface area (Å²) in [5.41, 5.74) is 0. The van der Waals surface area contributed by atoms with Crippen molar-refractivity contribution in [2.24, 2.45) is 0 Å². The number of rotatable bonds is 5. The third-order valence-electron chi connectivity index (χ3n) is 3.00. The molecular formula is C12H20N2O2. The van der Waals surface area contributed by atoms with Gasteiger partial charge in [-0.1, -0.05) is 0 Å². The van der Waals surface area contributed by atoms with Gasteiger partial charge in [0.05, 0.1) is 12.6 Å². The Hall–Kier alpha value is -0.840. The molecule has 0 radical (unpaired) electrons. The van der Waals surface area contributed by atoms with Crippen LogP contribution in [0.15, 0.2) is 16.5 Å². The number of furan rings is 1. The van der Waals surface area contributed by atoms with Crippen molar-refractivity contribution in [1.82, 2.24) is 10.6 Å². The van der Waals surface area contributed by atoms with E-state index in [2.05, 4.69) is 10.6 Å². The molecule has 2 atom stereocenters. The van der Waals surface area contributed by atoms with E-state index in [1.807, 2.05) is 19.1 Å². The maximum Gasteiger partial charge on any atom is 0.117 e. The Morgan fingerprint density at radius 1 is 1.56 bits per heavy atom. The molecular weight excluding hydrogens is 204 g/mol. The standard InChI is InChI=1S/C12H20N2O2/c1-9-3-4-11(16-9)7-13-6-10-5-12(15-2)8-14-10/h3-4,10,12-14H,5-8H2,1-2H3. The van der Waals surface area contributed by atoms with E-state index in [1.165, 1.54) is 0 Å². The zero-order chi connectivity index (χ0) is 11.4. The summed E-state index contributed by atoms with van der Waals surface area (Å²) in [6.45, 7) is 4.68. The second-order valence-corrected chi connectivity index (χ2v) is 4.34. The number of nitrogens with one attached hydrogen (secondary N) is 2. The first-order valence-corrected chi connectivity index (χ1v) is 5.80. The fourth-order valence-electron chi connectivity index (χ4n) is 2.07. The lowest BCUT2D eigenvalue weighted by molar-refractivity contribution is 0.117. The molecule has 0 amide bonds. The van der Waals surface area contributed by atoms with Crippen molar-refractivity contribution in [2.45, 2.75) is 32.0 Å². The molecule has 2 N–H and O–H groups in total. The molecule has 2 unspecified atom stereocenters. The van der Waals surface area contributed by atoms with E-state index in [0.717, 1.165) is 37.6 Å². The number of aryl methyl sites for hydroxylation is 1. The van der Waals surface area contributed by atoms with E-state index in [4.69, 9.17) is 9.15 Å². The van der Waals surface area contributed by atoms with Crippen LogP contribution < -0.4 is 10.6 Å². The summed E-state index contributed by atoms with van der Waals surface area (Å²) in [5.74, 6) is 1.97. The molecule has 4 heteroatoms. The van der Waals surface area contributed by atoms with Gasteiger partial charge in [0.25, 0.3) is 0 Å². The molecule has 1 fully saturated rings. The van der Waals surface area contributed by atoms with Gasteiger partial charge in [-0.05, 0) is 25.5 Å². The molecule has 0 bridgehead atoms. The Kier molecular flexibility index (Phi) is 3.98. The Labute approximate surface area is 96.4 Å². The quantitative estimate of drug-likeness (QED) is 0.785. The van der Waals surface area contributed by atoms with Gasteiger partial charge in [0.1, 0.15) is 11.5 Å². The molecule has 4 nitrogen and oxygen atoms in total. The number of ether oxygens (including phenoxy) is 1. The molecule has 1 aliphatic heterocycles. The maximum atomic E-state index is 5.48. The molecule has 1 aromatic rings. The molecule has 0 saturated carbocycles. The van der Waals surface area contributed by atoms with E-state index in [-0.39, 0.29) is 0 Å². The van der Waals surface area contributed by atoms with Crippen molar-refractivity contribution in [1.29, 1.82) is 0 Å². The Morgan fingerprint density at radius 2 is 2.44 bits per heavy atom. The van der Waals surface area contributed by atoms with Crippen LogP contribution in [-0.2, 0) is 11.3 Å². The van der Waals surface area contributed by atoms with E-state index in [1.54, 1.807) is 7.11 Å². The summed E-state index contributed by atoms with van der Waals surface area (Å²) in [6.07, 6.45) is 1.46. The van der Waals surface area contributed by atoms with Gasteiger partial charge in [-0.3, -0.25) is 0 Å². The molecule has 90 valence electrons. The Balaban J connectivity index is 1.65. The van der Waals surface area contributed by atoms with E-state index in [0.29, 0.717) is 12.1 Å². The van der Waals surface area contributed by atoms with Gasteiger partial charge < -0.3 is 19.8 Å². The molecule has 0 aromatic carbocycles. The van der Waals surface area contributed by atoms with Crippen molar-refractivity contribution in [2.75, 3.05) is 20.2 Å². The minimum Gasteiger partial charge on any atom is -0.465 e. The van der Waals surface area contributed by atoms with Gasteiger partial charge in [-0.15, -0.1) is 0 Å². The van der Waals surface area contributed by atoms with Gasteiger partial charge >= 0.3 is 0 Å². The number of methoxy groups -OCH3 is 1. The largest absolute Gasteiger partial charge is 0.465 e. The minimum absolute atomic E-state index is 0.373. The van der Waals surface area contributed by atoms with Crippen LogP contribution in [-0.4, -0.2) is 32.3 Å². The van der Waals surface area contributed by atoms with Gasteiger partial charge in [0.15, 0.2) is 0 Å². The summed E-state index contributed by atoms with van der Waals surface area (Å²) in [7, 11) is 1.77. The molecule has 1 aromatic heterocycles. The van der Waals surface area contributed by atoms with E-state index < -0.39 is 0 Å². The van der Waals surface area contributed by atoms with Gasteiger partial charge in [0.2, 0.25) is 0 Å². The highest BCUT2D eigenvalue weighted by Gasteiger charge is 2.22. The average molecular weight is 224 g/mol. The number of hydrogen-bond acceptors (Lipinski definition) is 4. The van der Waals surface area contributed by atoms with Crippen LogP contribution in [0.3, 0.4) is 0 Å². The monoisotopic (exact) mass is 224 g/mol. The van der Waals surface area contributed by atoms with Crippen LogP contribution in [0.4, 0.5) is 0 Å². The Bertz CT molecular complexity index is 325. The van der Waals surface area contributed by atoms with Crippen LogP contribution in [0.1, 0.15) is 17.9 Å². The molecule has 2 heterocycles. The normalized spacial score (nSPS) is 25.1. The highest BCUT2D eigenvalue weighted by molar-refractivity contribution is 5.05. The van der Waals surface area contributed by atoms with Crippen LogP contribution >= 0.6 is 0 Å². The predicted molar refractivity (Wildman–Crippen MR) is 62.4 cm³/mol.